The molecule has 1 aromatic heterocycles. The molecule has 1 aromatic carbocycles. The fourth-order valence-corrected chi connectivity index (χ4v) is 4.06. The fourth-order valence-electron chi connectivity index (χ4n) is 4.06. The first-order valence-corrected chi connectivity index (χ1v) is 9.84. The Labute approximate surface area is 161 Å². The molecule has 1 fully saturated rings. The first-order valence-electron chi connectivity index (χ1n) is 9.84. The second-order valence-electron chi connectivity index (χ2n) is 7.48. The third kappa shape index (κ3) is 3.96. The number of hydrogen-bond donors (Lipinski definition) is 0. The van der Waals surface area contributed by atoms with E-state index in [0.29, 0.717) is 12.1 Å². The van der Waals surface area contributed by atoms with Gasteiger partial charge in [-0.15, -0.1) is 0 Å². The molecule has 4 nitrogen and oxygen atoms in total. The van der Waals surface area contributed by atoms with Gasteiger partial charge in [0, 0.05) is 42.3 Å². The van der Waals surface area contributed by atoms with Gasteiger partial charge < -0.3 is 9.64 Å². The summed E-state index contributed by atoms with van der Waals surface area (Å²) < 4.78 is 5.65. The van der Waals surface area contributed by atoms with Crippen molar-refractivity contribution in [2.24, 2.45) is 4.99 Å². The summed E-state index contributed by atoms with van der Waals surface area (Å²) >= 11 is 0. The molecule has 140 valence electrons. The molecule has 4 rings (SSSR count). The zero-order valence-corrected chi connectivity index (χ0v) is 16.1. The fraction of sp³-hybridized carbons (Fsp3) is 0.391. The molecule has 0 radical (unpaired) electrons. The van der Waals surface area contributed by atoms with Crippen molar-refractivity contribution in [3.8, 4) is 0 Å². The Morgan fingerprint density at radius 2 is 1.85 bits per heavy atom. The second-order valence-corrected chi connectivity index (χ2v) is 7.48. The van der Waals surface area contributed by atoms with Crippen molar-refractivity contribution in [1.82, 2.24) is 4.98 Å². The van der Waals surface area contributed by atoms with E-state index in [0.717, 1.165) is 43.9 Å². The van der Waals surface area contributed by atoms with Gasteiger partial charge in [0.2, 0.25) is 0 Å². The van der Waals surface area contributed by atoms with Crippen molar-refractivity contribution in [2.75, 3.05) is 24.7 Å². The summed E-state index contributed by atoms with van der Waals surface area (Å²) in [4.78, 5) is 11.5. The van der Waals surface area contributed by atoms with Crippen LogP contribution in [-0.2, 0) is 4.74 Å². The third-order valence-corrected chi connectivity index (χ3v) is 5.31. The van der Waals surface area contributed by atoms with Crippen molar-refractivity contribution >= 4 is 17.5 Å². The van der Waals surface area contributed by atoms with E-state index in [1.54, 1.807) is 0 Å². The van der Waals surface area contributed by atoms with Gasteiger partial charge in [-0.25, -0.2) is 0 Å². The molecule has 0 amide bonds. The molecule has 0 bridgehead atoms. The van der Waals surface area contributed by atoms with Crippen LogP contribution >= 0.6 is 0 Å². The Morgan fingerprint density at radius 3 is 2.56 bits per heavy atom. The average Bonchev–Trinajstić information content (AvgIpc) is 2.70. The zero-order valence-electron chi connectivity index (χ0n) is 16.1. The summed E-state index contributed by atoms with van der Waals surface area (Å²) in [6.45, 7) is 6.93. The molecule has 2 aliphatic heterocycles. The Hall–Kier alpha value is -2.46. The Balaban J connectivity index is 1.58. The lowest BCUT2D eigenvalue weighted by atomic mass is 9.95. The lowest BCUT2D eigenvalue weighted by molar-refractivity contribution is 0.0757. The number of pyridine rings is 1. The highest BCUT2D eigenvalue weighted by Crippen LogP contribution is 2.26. The lowest BCUT2D eigenvalue weighted by Gasteiger charge is -2.40. The van der Waals surface area contributed by atoms with Crippen LogP contribution in [0.15, 0.2) is 59.4 Å². The molecule has 0 saturated carbocycles. The summed E-state index contributed by atoms with van der Waals surface area (Å²) in [5.74, 6) is 0. The number of aromatic nitrogens is 1. The minimum atomic E-state index is 0.403. The largest absolute Gasteiger partial charge is 0.377 e. The van der Waals surface area contributed by atoms with Gasteiger partial charge in [-0.05, 0) is 68.2 Å². The molecular weight excluding hydrogens is 334 g/mol. The molecule has 4 heteroatoms. The third-order valence-electron chi connectivity index (χ3n) is 5.31. The van der Waals surface area contributed by atoms with E-state index in [9.17, 15) is 0 Å². The molecule has 1 saturated heterocycles. The van der Waals surface area contributed by atoms with Crippen molar-refractivity contribution in [1.29, 1.82) is 0 Å². The number of ether oxygens (including phenoxy) is 1. The number of nitrogens with zero attached hydrogens (tertiary/aromatic N) is 3. The van der Waals surface area contributed by atoms with Crippen molar-refractivity contribution in [2.45, 2.75) is 38.8 Å². The summed E-state index contributed by atoms with van der Waals surface area (Å²) in [5.41, 5.74) is 5.99. The van der Waals surface area contributed by atoms with Crippen LogP contribution in [0.25, 0.3) is 6.08 Å². The molecule has 2 aromatic rings. The van der Waals surface area contributed by atoms with Crippen LogP contribution in [0.5, 0.6) is 0 Å². The summed E-state index contributed by atoms with van der Waals surface area (Å²) in [6.07, 6.45) is 8.16. The van der Waals surface area contributed by atoms with Crippen LogP contribution in [0.4, 0.5) is 5.69 Å². The van der Waals surface area contributed by atoms with E-state index in [4.69, 9.17) is 9.73 Å². The highest BCUT2D eigenvalue weighted by Gasteiger charge is 2.25. The quantitative estimate of drug-likeness (QED) is 0.815. The number of anilines is 1. The van der Waals surface area contributed by atoms with E-state index in [1.807, 2.05) is 18.5 Å². The van der Waals surface area contributed by atoms with Crippen LogP contribution in [0.1, 0.15) is 37.8 Å². The number of hydrogen-bond acceptors (Lipinski definition) is 4. The second kappa shape index (κ2) is 8.05. The van der Waals surface area contributed by atoms with Crippen LogP contribution in [0.2, 0.25) is 0 Å². The molecule has 3 heterocycles. The Bertz CT molecular complexity index is 816. The van der Waals surface area contributed by atoms with Gasteiger partial charge in [0.1, 0.15) is 0 Å². The maximum atomic E-state index is 5.65. The number of morpholine rings is 1. The van der Waals surface area contributed by atoms with E-state index in [1.165, 1.54) is 16.8 Å². The molecule has 27 heavy (non-hydrogen) atoms. The van der Waals surface area contributed by atoms with Crippen LogP contribution < -0.4 is 4.90 Å². The van der Waals surface area contributed by atoms with Gasteiger partial charge in [0.05, 0.1) is 18.9 Å². The van der Waals surface area contributed by atoms with Gasteiger partial charge in [0.15, 0.2) is 0 Å². The monoisotopic (exact) mass is 361 g/mol. The van der Waals surface area contributed by atoms with E-state index in [-0.39, 0.29) is 0 Å². The first kappa shape index (κ1) is 17.9. The molecule has 0 aliphatic carbocycles. The summed E-state index contributed by atoms with van der Waals surface area (Å²) in [5, 5.41) is 0. The average molecular weight is 361 g/mol. The van der Waals surface area contributed by atoms with Crippen molar-refractivity contribution in [3.63, 3.8) is 0 Å². The summed E-state index contributed by atoms with van der Waals surface area (Å²) in [6, 6.07) is 13.8. The van der Waals surface area contributed by atoms with Gasteiger partial charge in [-0.3, -0.25) is 9.98 Å². The van der Waals surface area contributed by atoms with Gasteiger partial charge >= 0.3 is 0 Å². The molecule has 0 spiro atoms. The van der Waals surface area contributed by atoms with Gasteiger partial charge in [0.25, 0.3) is 0 Å². The molecule has 2 unspecified atom stereocenters. The predicted octanol–water partition coefficient (Wildman–Crippen LogP) is 4.36. The Kier molecular flexibility index (Phi) is 5.35. The number of rotatable bonds is 3. The first-order chi connectivity index (χ1) is 13.2. The molecule has 0 N–H and O–H groups in total. The number of benzene rings is 1. The minimum Gasteiger partial charge on any atom is -0.377 e. The van der Waals surface area contributed by atoms with Crippen molar-refractivity contribution < 1.29 is 4.74 Å². The molecule has 2 aliphatic rings. The summed E-state index contributed by atoms with van der Waals surface area (Å²) in [7, 11) is 0. The van der Waals surface area contributed by atoms with Gasteiger partial charge in [-0.2, -0.15) is 0 Å². The highest BCUT2D eigenvalue weighted by molar-refractivity contribution is 6.15. The van der Waals surface area contributed by atoms with Crippen LogP contribution in [-0.4, -0.2) is 42.5 Å². The van der Waals surface area contributed by atoms with Crippen molar-refractivity contribution in [3.05, 3.63) is 65.5 Å². The standard InChI is InChI=1S/C23H27N3O/c1-17-15-27-16-18(2)26(17)22-9-7-19(8-10-22)13-20-5-4-12-25-23(20)21-6-3-11-24-14-21/h3,6-11,13-14,17-18H,4-5,12,15-16H2,1-2H3/b20-13+. The minimum absolute atomic E-state index is 0.403. The number of allylic oxidation sites excluding steroid dienone is 1. The maximum absolute atomic E-state index is 5.65. The number of aliphatic imine (C=N–C) groups is 1. The lowest BCUT2D eigenvalue weighted by Crippen LogP contribution is -2.49. The van der Waals surface area contributed by atoms with E-state index in [2.05, 4.69) is 60.1 Å². The van der Waals surface area contributed by atoms with E-state index < -0.39 is 0 Å². The van der Waals surface area contributed by atoms with Crippen LogP contribution in [0.3, 0.4) is 0 Å². The maximum Gasteiger partial charge on any atom is 0.0694 e. The molecule has 2 atom stereocenters. The predicted molar refractivity (Wildman–Crippen MR) is 112 cm³/mol. The van der Waals surface area contributed by atoms with Crippen LogP contribution in [0, 0.1) is 0 Å². The zero-order chi connectivity index (χ0) is 18.6. The van der Waals surface area contributed by atoms with Gasteiger partial charge in [-0.1, -0.05) is 12.1 Å². The highest BCUT2D eigenvalue weighted by atomic mass is 16.5. The topological polar surface area (TPSA) is 37.7 Å². The molecular formula is C23H27N3O. The normalized spacial score (nSPS) is 24.7. The SMILES string of the molecule is CC1COCC(C)N1c1ccc(/C=C2\CCCN=C2c2cccnc2)cc1. The van der Waals surface area contributed by atoms with E-state index >= 15 is 0 Å². The smallest absolute Gasteiger partial charge is 0.0694 e. The Morgan fingerprint density at radius 1 is 1.07 bits per heavy atom.